The van der Waals surface area contributed by atoms with E-state index in [1.807, 2.05) is 11.9 Å². The lowest BCUT2D eigenvalue weighted by Gasteiger charge is -2.39. The molecule has 2 aliphatic carbocycles. The van der Waals surface area contributed by atoms with Crippen molar-refractivity contribution in [2.75, 3.05) is 20.1 Å². The van der Waals surface area contributed by atoms with Crippen molar-refractivity contribution in [3.8, 4) is 0 Å². The van der Waals surface area contributed by atoms with Crippen LogP contribution in [0.15, 0.2) is 30.3 Å². The van der Waals surface area contributed by atoms with E-state index in [9.17, 15) is 4.79 Å². The van der Waals surface area contributed by atoms with E-state index in [4.69, 9.17) is 5.73 Å². The second kappa shape index (κ2) is 7.08. The highest BCUT2D eigenvalue weighted by Crippen LogP contribution is 2.48. The van der Waals surface area contributed by atoms with Gasteiger partial charge in [0, 0.05) is 38.8 Å². The monoisotopic (exact) mass is 341 g/mol. The summed E-state index contributed by atoms with van der Waals surface area (Å²) >= 11 is 0. The molecule has 25 heavy (non-hydrogen) atoms. The molecule has 4 atom stereocenters. The Morgan fingerprint density at radius 1 is 1.12 bits per heavy atom. The fraction of sp³-hybridized carbons (Fsp3) is 0.667. The van der Waals surface area contributed by atoms with Gasteiger partial charge in [-0.1, -0.05) is 30.3 Å². The van der Waals surface area contributed by atoms with Gasteiger partial charge >= 0.3 is 0 Å². The Morgan fingerprint density at radius 2 is 1.80 bits per heavy atom. The maximum absolute atomic E-state index is 13.0. The van der Waals surface area contributed by atoms with Crippen LogP contribution >= 0.6 is 0 Å². The number of nitrogens with two attached hydrogens (primary N) is 1. The largest absolute Gasteiger partial charge is 0.342 e. The van der Waals surface area contributed by atoms with Gasteiger partial charge in [-0.25, -0.2) is 0 Å². The van der Waals surface area contributed by atoms with Crippen molar-refractivity contribution < 1.29 is 4.79 Å². The van der Waals surface area contributed by atoms with Gasteiger partial charge in [-0.3, -0.25) is 9.69 Å². The molecule has 4 rings (SSSR count). The Kier molecular flexibility index (Phi) is 4.83. The predicted molar refractivity (Wildman–Crippen MR) is 99.8 cm³/mol. The molecular weight excluding hydrogens is 310 g/mol. The van der Waals surface area contributed by atoms with Crippen LogP contribution in [0, 0.1) is 17.8 Å². The molecule has 1 aromatic carbocycles. The van der Waals surface area contributed by atoms with Crippen LogP contribution in [0.1, 0.15) is 37.7 Å². The first-order chi connectivity index (χ1) is 12.1. The SMILES string of the molecule is CN(C(=O)C1C2CCC(C2)C1N)C1CCN(Cc2ccccc2)CC1. The number of carbonyl (C=O) groups is 1. The molecule has 2 bridgehead atoms. The van der Waals surface area contributed by atoms with E-state index >= 15 is 0 Å². The van der Waals surface area contributed by atoms with Crippen molar-refractivity contribution >= 4 is 5.91 Å². The Balaban J connectivity index is 1.31. The van der Waals surface area contributed by atoms with E-state index in [-0.39, 0.29) is 12.0 Å². The van der Waals surface area contributed by atoms with Gasteiger partial charge < -0.3 is 10.6 Å². The Hall–Kier alpha value is -1.39. The molecule has 1 amide bonds. The van der Waals surface area contributed by atoms with E-state index in [0.29, 0.717) is 23.8 Å². The van der Waals surface area contributed by atoms with Gasteiger partial charge in [-0.05, 0) is 49.5 Å². The number of piperidine rings is 1. The summed E-state index contributed by atoms with van der Waals surface area (Å²) in [5, 5.41) is 0. The van der Waals surface area contributed by atoms with Crippen molar-refractivity contribution in [1.82, 2.24) is 9.80 Å². The van der Waals surface area contributed by atoms with Crippen LogP contribution in [0.4, 0.5) is 0 Å². The lowest BCUT2D eigenvalue weighted by atomic mass is 9.83. The maximum atomic E-state index is 13.0. The molecule has 4 unspecified atom stereocenters. The third-order valence-corrected chi connectivity index (χ3v) is 6.97. The van der Waals surface area contributed by atoms with Crippen molar-refractivity contribution in [3.05, 3.63) is 35.9 Å². The molecule has 0 aromatic heterocycles. The number of rotatable bonds is 4. The molecule has 1 heterocycles. The highest BCUT2D eigenvalue weighted by molar-refractivity contribution is 5.80. The molecule has 1 aromatic rings. The number of amides is 1. The van der Waals surface area contributed by atoms with E-state index in [0.717, 1.165) is 32.5 Å². The fourth-order valence-electron chi connectivity index (χ4n) is 5.42. The molecule has 2 N–H and O–H groups in total. The quantitative estimate of drug-likeness (QED) is 0.915. The van der Waals surface area contributed by atoms with Gasteiger partial charge in [-0.15, -0.1) is 0 Å². The smallest absolute Gasteiger partial charge is 0.227 e. The third kappa shape index (κ3) is 3.34. The number of likely N-dealkylation sites (tertiary alicyclic amines) is 1. The average Bonchev–Trinajstić information content (AvgIpc) is 3.23. The zero-order valence-electron chi connectivity index (χ0n) is 15.3. The van der Waals surface area contributed by atoms with Gasteiger partial charge in [0.2, 0.25) is 5.91 Å². The van der Waals surface area contributed by atoms with Crippen molar-refractivity contribution in [3.63, 3.8) is 0 Å². The first kappa shape index (κ1) is 17.0. The topological polar surface area (TPSA) is 49.6 Å². The van der Waals surface area contributed by atoms with E-state index < -0.39 is 0 Å². The van der Waals surface area contributed by atoms with Crippen LogP contribution < -0.4 is 5.73 Å². The van der Waals surface area contributed by atoms with Crippen LogP contribution in [0.5, 0.6) is 0 Å². The third-order valence-electron chi connectivity index (χ3n) is 6.97. The molecule has 4 nitrogen and oxygen atoms in total. The summed E-state index contributed by atoms with van der Waals surface area (Å²) in [4.78, 5) is 17.6. The van der Waals surface area contributed by atoms with Crippen LogP contribution in [0.3, 0.4) is 0 Å². The molecule has 1 aliphatic heterocycles. The van der Waals surface area contributed by atoms with Crippen LogP contribution in [0.2, 0.25) is 0 Å². The zero-order valence-corrected chi connectivity index (χ0v) is 15.3. The van der Waals surface area contributed by atoms with Gasteiger partial charge in [0.05, 0.1) is 5.92 Å². The highest BCUT2D eigenvalue weighted by Gasteiger charge is 2.50. The highest BCUT2D eigenvalue weighted by atomic mass is 16.2. The summed E-state index contributed by atoms with van der Waals surface area (Å²) in [5.74, 6) is 1.56. The molecule has 0 spiro atoms. The van der Waals surface area contributed by atoms with E-state index in [1.165, 1.54) is 24.8 Å². The lowest BCUT2D eigenvalue weighted by molar-refractivity contribution is -0.139. The minimum atomic E-state index is 0.0890. The zero-order chi connectivity index (χ0) is 17.4. The maximum Gasteiger partial charge on any atom is 0.227 e. The number of carbonyl (C=O) groups excluding carboxylic acids is 1. The molecule has 1 saturated heterocycles. The Bertz CT molecular complexity index is 594. The molecule has 3 fully saturated rings. The fourth-order valence-corrected chi connectivity index (χ4v) is 5.42. The molecule has 3 aliphatic rings. The van der Waals surface area contributed by atoms with Crippen molar-refractivity contribution in [1.29, 1.82) is 0 Å². The minimum absolute atomic E-state index is 0.0890. The number of nitrogens with zero attached hydrogens (tertiary/aromatic N) is 2. The van der Waals surface area contributed by atoms with Crippen molar-refractivity contribution in [2.24, 2.45) is 23.5 Å². The molecule has 4 heteroatoms. The normalized spacial score (nSPS) is 32.9. The van der Waals surface area contributed by atoms with Gasteiger partial charge in [-0.2, -0.15) is 0 Å². The van der Waals surface area contributed by atoms with Gasteiger partial charge in [0.25, 0.3) is 0 Å². The van der Waals surface area contributed by atoms with Crippen LogP contribution in [0.25, 0.3) is 0 Å². The lowest BCUT2D eigenvalue weighted by Crippen LogP contribution is -2.51. The standard InChI is InChI=1S/C21H31N3O/c1-23(21(25)19-16-7-8-17(13-16)20(19)22)18-9-11-24(12-10-18)14-15-5-3-2-4-6-15/h2-6,16-20H,7-14,22H2,1H3. The van der Waals surface area contributed by atoms with E-state index in [2.05, 4.69) is 35.2 Å². The summed E-state index contributed by atoms with van der Waals surface area (Å²) in [6.07, 6.45) is 5.77. The van der Waals surface area contributed by atoms with Crippen LogP contribution in [-0.4, -0.2) is 47.9 Å². The summed E-state index contributed by atoms with van der Waals surface area (Å²) < 4.78 is 0. The molecular formula is C21H31N3O. The van der Waals surface area contributed by atoms with Crippen molar-refractivity contribution in [2.45, 2.75) is 50.7 Å². The summed E-state index contributed by atoms with van der Waals surface area (Å²) in [6, 6.07) is 11.1. The average molecular weight is 341 g/mol. The van der Waals surface area contributed by atoms with Gasteiger partial charge in [0.15, 0.2) is 0 Å². The first-order valence-corrected chi connectivity index (χ1v) is 9.92. The number of hydrogen-bond acceptors (Lipinski definition) is 3. The second-order valence-corrected chi connectivity index (χ2v) is 8.38. The Morgan fingerprint density at radius 3 is 2.44 bits per heavy atom. The number of hydrogen-bond donors (Lipinski definition) is 1. The second-order valence-electron chi connectivity index (χ2n) is 8.38. The summed E-state index contributed by atoms with van der Waals surface area (Å²) in [5.41, 5.74) is 7.76. The Labute approximate surface area is 151 Å². The number of benzene rings is 1. The predicted octanol–water partition coefficient (Wildman–Crippen LogP) is 2.48. The van der Waals surface area contributed by atoms with E-state index in [1.54, 1.807) is 0 Å². The number of fused-ring (bicyclic) bond motifs is 2. The molecule has 0 radical (unpaired) electrons. The first-order valence-electron chi connectivity index (χ1n) is 9.92. The van der Waals surface area contributed by atoms with Crippen LogP contribution in [-0.2, 0) is 11.3 Å². The van der Waals surface area contributed by atoms with Gasteiger partial charge in [0.1, 0.15) is 0 Å². The molecule has 136 valence electrons. The summed E-state index contributed by atoms with van der Waals surface area (Å²) in [6.45, 7) is 3.16. The summed E-state index contributed by atoms with van der Waals surface area (Å²) in [7, 11) is 2.01. The molecule has 2 saturated carbocycles. The minimum Gasteiger partial charge on any atom is -0.342 e.